The summed E-state index contributed by atoms with van der Waals surface area (Å²) in [7, 11) is 0.185. The highest BCUT2D eigenvalue weighted by molar-refractivity contribution is 8.17. The summed E-state index contributed by atoms with van der Waals surface area (Å²) < 4.78 is 0. The predicted molar refractivity (Wildman–Crippen MR) is 80.1 cm³/mol. The number of fused-ring (bicyclic) bond motifs is 1. The van der Waals surface area contributed by atoms with Gasteiger partial charge >= 0.3 is 0 Å². The number of thiophene rings is 1. The summed E-state index contributed by atoms with van der Waals surface area (Å²) >= 11 is 1.85. The van der Waals surface area contributed by atoms with Crippen molar-refractivity contribution in [3.63, 3.8) is 0 Å². The molecule has 1 radical (unpaired) electrons. The Labute approximate surface area is 109 Å². The van der Waals surface area contributed by atoms with Crippen LogP contribution in [0, 0.1) is 0 Å². The van der Waals surface area contributed by atoms with Gasteiger partial charge in [-0.25, -0.2) is 0 Å². The van der Waals surface area contributed by atoms with Gasteiger partial charge in [-0.3, -0.25) is 0 Å². The summed E-state index contributed by atoms with van der Waals surface area (Å²) in [6.45, 7) is 0. The maximum atomic E-state index is 3.60. The normalized spacial score (nSPS) is 17.5. The lowest BCUT2D eigenvalue weighted by molar-refractivity contribution is 1.21. The fraction of sp³-hybridized carbons (Fsp3) is 0.133. The first-order chi connectivity index (χ1) is 8.42. The van der Waals surface area contributed by atoms with Gasteiger partial charge in [-0.2, -0.15) is 10.5 Å². The second kappa shape index (κ2) is 5.03. The molecule has 85 valence electrons. The zero-order valence-corrected chi connectivity index (χ0v) is 11.1. The third-order valence-corrected chi connectivity index (χ3v) is 5.29. The fourth-order valence-corrected chi connectivity index (χ4v) is 4.21. The molecule has 0 aliphatic carbocycles. The highest BCUT2D eigenvalue weighted by Gasteiger charge is 2.04. The zero-order valence-electron chi connectivity index (χ0n) is 9.43. The van der Waals surface area contributed by atoms with E-state index in [-0.39, 0.29) is 10.5 Å². The van der Waals surface area contributed by atoms with E-state index in [0.29, 0.717) is 0 Å². The first-order valence-electron chi connectivity index (χ1n) is 5.68. The first-order valence-corrected chi connectivity index (χ1v) is 8.01. The van der Waals surface area contributed by atoms with Crippen LogP contribution in [-0.4, -0.2) is 11.1 Å². The lowest BCUT2D eigenvalue weighted by Crippen LogP contribution is -1.94. The van der Waals surface area contributed by atoms with Gasteiger partial charge in [-0.15, -0.1) is 11.3 Å². The highest BCUT2D eigenvalue weighted by Crippen LogP contribution is 2.26. The molecule has 2 heteroatoms. The van der Waals surface area contributed by atoms with Crippen molar-refractivity contribution in [1.29, 1.82) is 0 Å². The summed E-state index contributed by atoms with van der Waals surface area (Å²) in [6, 6.07) is 12.8. The summed E-state index contributed by atoms with van der Waals surface area (Å²) in [6.07, 6.45) is 3.41. The van der Waals surface area contributed by atoms with Crippen LogP contribution in [0.5, 0.6) is 0 Å². The minimum absolute atomic E-state index is 0.185. The molecular weight excluding hydrogens is 244 g/mol. The molecule has 1 unspecified atom stereocenters. The van der Waals surface area contributed by atoms with Gasteiger partial charge in [0.25, 0.3) is 0 Å². The van der Waals surface area contributed by atoms with Gasteiger partial charge in [-0.05, 0) is 46.2 Å². The van der Waals surface area contributed by atoms with E-state index in [1.54, 1.807) is 0 Å². The van der Waals surface area contributed by atoms with Gasteiger partial charge in [0.2, 0.25) is 0 Å². The zero-order chi connectivity index (χ0) is 11.5. The molecule has 0 saturated carbocycles. The van der Waals surface area contributed by atoms with Gasteiger partial charge in [0.1, 0.15) is 0 Å². The predicted octanol–water partition coefficient (Wildman–Crippen LogP) is 4.27. The van der Waals surface area contributed by atoms with E-state index < -0.39 is 0 Å². The minimum Gasteiger partial charge on any atom is -0.153 e. The maximum Gasteiger partial charge on any atom is 0.0234 e. The number of rotatable bonds is 3. The second-order valence-corrected chi connectivity index (χ2v) is 6.73. The van der Waals surface area contributed by atoms with Crippen molar-refractivity contribution in [3.8, 4) is 0 Å². The average Bonchev–Trinajstić information content (AvgIpc) is 2.89. The van der Waals surface area contributed by atoms with Crippen molar-refractivity contribution < 1.29 is 0 Å². The molecule has 1 atom stereocenters. The van der Waals surface area contributed by atoms with Crippen molar-refractivity contribution in [3.05, 3.63) is 63.2 Å². The molecular formula is C15H13S2. The Kier molecular flexibility index (Phi) is 3.25. The standard InChI is InChI=1S/C15H13S2/c1-2-5-14-12-17(10-7-13(14)4-1)11-8-15-6-3-9-16-15/h1-7,9-10H,8,11H2. The molecule has 0 spiro atoms. The van der Waals surface area contributed by atoms with Gasteiger partial charge in [-0.1, -0.05) is 30.3 Å². The topological polar surface area (TPSA) is 0 Å². The molecule has 0 saturated heterocycles. The van der Waals surface area contributed by atoms with E-state index >= 15 is 0 Å². The number of hydrogen-bond acceptors (Lipinski definition) is 1. The minimum atomic E-state index is 0.185. The van der Waals surface area contributed by atoms with Crippen molar-refractivity contribution in [1.82, 2.24) is 0 Å². The third kappa shape index (κ3) is 2.59. The Morgan fingerprint density at radius 3 is 2.94 bits per heavy atom. The van der Waals surface area contributed by atoms with Crippen molar-refractivity contribution in [2.45, 2.75) is 6.42 Å². The highest BCUT2D eigenvalue weighted by atomic mass is 32.2. The van der Waals surface area contributed by atoms with Crippen LogP contribution < -0.4 is 0 Å². The van der Waals surface area contributed by atoms with Crippen LogP contribution in [0.3, 0.4) is 0 Å². The van der Waals surface area contributed by atoms with E-state index in [1.165, 1.54) is 28.2 Å². The van der Waals surface area contributed by atoms with Crippen molar-refractivity contribution in [2.75, 3.05) is 5.75 Å². The molecule has 17 heavy (non-hydrogen) atoms. The average molecular weight is 257 g/mol. The van der Waals surface area contributed by atoms with Crippen molar-refractivity contribution >= 4 is 33.3 Å². The molecule has 2 heterocycles. The Bertz CT molecular complexity index is 562. The molecule has 1 aromatic carbocycles. The van der Waals surface area contributed by atoms with E-state index in [0.717, 1.165) is 0 Å². The van der Waals surface area contributed by atoms with E-state index in [1.807, 2.05) is 11.3 Å². The third-order valence-electron chi connectivity index (χ3n) is 2.76. The fourth-order valence-electron chi connectivity index (χ4n) is 1.85. The largest absolute Gasteiger partial charge is 0.153 e. The van der Waals surface area contributed by atoms with Crippen LogP contribution in [-0.2, 0) is 6.42 Å². The van der Waals surface area contributed by atoms with E-state index in [2.05, 4.69) is 58.6 Å². The first kappa shape index (κ1) is 11.0. The Morgan fingerprint density at radius 2 is 2.06 bits per heavy atom. The number of hydrogen-bond donors (Lipinski definition) is 0. The molecule has 0 nitrogen and oxygen atoms in total. The molecule has 0 N–H and O–H groups in total. The van der Waals surface area contributed by atoms with E-state index in [4.69, 9.17) is 0 Å². The molecule has 0 fully saturated rings. The Morgan fingerprint density at radius 1 is 1.12 bits per heavy atom. The molecule has 0 bridgehead atoms. The van der Waals surface area contributed by atoms with Gasteiger partial charge in [0.05, 0.1) is 0 Å². The number of aryl methyl sites for hydroxylation is 1. The van der Waals surface area contributed by atoms with E-state index in [9.17, 15) is 0 Å². The van der Waals surface area contributed by atoms with Crippen LogP contribution >= 0.6 is 21.8 Å². The van der Waals surface area contributed by atoms with Crippen LogP contribution in [0.4, 0.5) is 0 Å². The van der Waals surface area contributed by atoms with Crippen LogP contribution in [0.25, 0.3) is 6.08 Å². The Hall–Kier alpha value is -1.12. The smallest absolute Gasteiger partial charge is 0.0234 e. The summed E-state index contributed by atoms with van der Waals surface area (Å²) in [5.74, 6) is 1.19. The monoisotopic (exact) mass is 257 g/mol. The second-order valence-electron chi connectivity index (χ2n) is 3.95. The molecule has 0 amide bonds. The van der Waals surface area contributed by atoms with Crippen LogP contribution in [0.1, 0.15) is 16.0 Å². The lowest BCUT2D eigenvalue weighted by atomic mass is 10.1. The van der Waals surface area contributed by atoms with Crippen LogP contribution in [0.15, 0.2) is 47.2 Å². The van der Waals surface area contributed by atoms with Gasteiger partial charge < -0.3 is 0 Å². The Balaban J connectivity index is 1.74. The van der Waals surface area contributed by atoms with Crippen molar-refractivity contribution in [2.24, 2.45) is 0 Å². The summed E-state index contributed by atoms with van der Waals surface area (Å²) in [4.78, 5) is 1.48. The van der Waals surface area contributed by atoms with Gasteiger partial charge in [0, 0.05) is 10.2 Å². The lowest BCUT2D eigenvalue weighted by Gasteiger charge is -2.10. The van der Waals surface area contributed by atoms with Gasteiger partial charge in [0.15, 0.2) is 0 Å². The SMILES string of the molecule is [C]1=S(CCc2cccs2)C=Cc2ccccc21. The summed E-state index contributed by atoms with van der Waals surface area (Å²) in [5, 5.41) is 8.06. The van der Waals surface area contributed by atoms with Crippen LogP contribution in [0.2, 0.25) is 0 Å². The number of benzene rings is 1. The molecule has 3 rings (SSSR count). The maximum absolute atomic E-state index is 3.60. The molecule has 1 aliphatic rings. The summed E-state index contributed by atoms with van der Waals surface area (Å²) in [5.41, 5.74) is 2.57. The molecule has 2 aromatic rings. The quantitative estimate of drug-likeness (QED) is 0.720. The molecule has 1 aliphatic heterocycles. The molecule has 1 aromatic heterocycles.